The molecular weight excluding hydrogens is 182 g/mol. The van der Waals surface area contributed by atoms with Crippen LogP contribution in [0.15, 0.2) is 30.6 Å². The summed E-state index contributed by atoms with van der Waals surface area (Å²) in [5.41, 5.74) is 2.85. The number of pyridine rings is 1. The van der Waals surface area contributed by atoms with Crippen LogP contribution in [0.2, 0.25) is 0 Å². The third-order valence-electron chi connectivity index (χ3n) is 2.34. The Labute approximate surface area is 85.3 Å². The van der Waals surface area contributed by atoms with Crippen LogP contribution in [0.4, 0.5) is 0 Å². The number of aromatic nitrogens is 1. The number of halogens is 1. The second-order valence-corrected chi connectivity index (χ2v) is 3.21. The first kappa shape index (κ1) is 10.3. The van der Waals surface area contributed by atoms with E-state index >= 15 is 0 Å². The highest BCUT2D eigenvalue weighted by Gasteiger charge is 2.04. The molecular formula is C11H14ClN. The van der Waals surface area contributed by atoms with Gasteiger partial charge in [-0.15, -0.1) is 12.4 Å². The minimum atomic E-state index is 0. The Morgan fingerprint density at radius 1 is 1.08 bits per heavy atom. The maximum atomic E-state index is 4.01. The highest BCUT2D eigenvalue weighted by molar-refractivity contribution is 5.85. The third-order valence-corrected chi connectivity index (χ3v) is 2.34. The van der Waals surface area contributed by atoms with E-state index in [1.807, 2.05) is 12.4 Å². The van der Waals surface area contributed by atoms with Crippen molar-refractivity contribution in [2.45, 2.75) is 25.7 Å². The molecule has 0 atom stereocenters. The summed E-state index contributed by atoms with van der Waals surface area (Å²) in [6.45, 7) is 0. The van der Waals surface area contributed by atoms with E-state index < -0.39 is 0 Å². The first-order chi connectivity index (χ1) is 5.97. The van der Waals surface area contributed by atoms with Gasteiger partial charge in [0.25, 0.3) is 0 Å². The SMILES string of the molecule is C1=C(c2ccncc2)CCCC1.Cl. The van der Waals surface area contributed by atoms with E-state index in [1.165, 1.54) is 36.8 Å². The predicted molar refractivity (Wildman–Crippen MR) is 57.9 cm³/mol. The van der Waals surface area contributed by atoms with Gasteiger partial charge < -0.3 is 0 Å². The van der Waals surface area contributed by atoms with Crippen LogP contribution in [0.25, 0.3) is 5.57 Å². The lowest BCUT2D eigenvalue weighted by molar-refractivity contribution is 0.742. The fraction of sp³-hybridized carbons (Fsp3) is 0.364. The predicted octanol–water partition coefficient (Wildman–Crippen LogP) is 3.46. The van der Waals surface area contributed by atoms with Gasteiger partial charge in [-0.25, -0.2) is 0 Å². The Morgan fingerprint density at radius 2 is 1.85 bits per heavy atom. The first-order valence-electron chi connectivity index (χ1n) is 4.56. The zero-order valence-corrected chi connectivity index (χ0v) is 8.39. The number of hydrogen-bond donors (Lipinski definition) is 0. The molecule has 0 amide bonds. The lowest BCUT2D eigenvalue weighted by Gasteiger charge is -2.11. The van der Waals surface area contributed by atoms with Gasteiger partial charge in [0.05, 0.1) is 0 Å². The molecule has 0 saturated carbocycles. The molecule has 0 bridgehead atoms. The lowest BCUT2D eigenvalue weighted by atomic mass is 9.94. The molecule has 0 unspecified atom stereocenters. The molecule has 0 aromatic carbocycles. The smallest absolute Gasteiger partial charge is 0.0273 e. The van der Waals surface area contributed by atoms with Crippen molar-refractivity contribution in [3.8, 4) is 0 Å². The fourth-order valence-corrected chi connectivity index (χ4v) is 1.67. The molecule has 0 N–H and O–H groups in total. The van der Waals surface area contributed by atoms with Gasteiger partial charge in [0, 0.05) is 12.4 Å². The Hall–Kier alpha value is -0.820. The van der Waals surface area contributed by atoms with E-state index in [1.54, 1.807) is 0 Å². The van der Waals surface area contributed by atoms with Crippen molar-refractivity contribution >= 4 is 18.0 Å². The zero-order valence-electron chi connectivity index (χ0n) is 7.57. The van der Waals surface area contributed by atoms with Crippen LogP contribution in [0.1, 0.15) is 31.2 Å². The molecule has 0 spiro atoms. The van der Waals surface area contributed by atoms with Gasteiger partial charge in [-0.05, 0) is 49.0 Å². The summed E-state index contributed by atoms with van der Waals surface area (Å²) in [6, 6.07) is 4.19. The first-order valence-corrected chi connectivity index (χ1v) is 4.56. The Balaban J connectivity index is 0.000000845. The second kappa shape index (κ2) is 5.03. The van der Waals surface area contributed by atoms with Crippen LogP contribution in [0.5, 0.6) is 0 Å². The van der Waals surface area contributed by atoms with Crippen LogP contribution < -0.4 is 0 Å². The molecule has 0 fully saturated rings. The summed E-state index contributed by atoms with van der Waals surface area (Å²) < 4.78 is 0. The summed E-state index contributed by atoms with van der Waals surface area (Å²) in [5, 5.41) is 0. The maximum absolute atomic E-state index is 4.01. The fourth-order valence-electron chi connectivity index (χ4n) is 1.67. The van der Waals surface area contributed by atoms with E-state index in [-0.39, 0.29) is 12.4 Å². The summed E-state index contributed by atoms with van der Waals surface area (Å²) in [5.74, 6) is 0. The molecule has 2 rings (SSSR count). The normalized spacial score (nSPS) is 15.8. The number of rotatable bonds is 1. The van der Waals surface area contributed by atoms with Gasteiger partial charge in [0.2, 0.25) is 0 Å². The molecule has 1 aliphatic carbocycles. The Morgan fingerprint density at radius 3 is 2.46 bits per heavy atom. The van der Waals surface area contributed by atoms with Gasteiger partial charge in [0.1, 0.15) is 0 Å². The van der Waals surface area contributed by atoms with Gasteiger partial charge in [-0.2, -0.15) is 0 Å². The highest BCUT2D eigenvalue weighted by atomic mass is 35.5. The van der Waals surface area contributed by atoms with Crippen molar-refractivity contribution in [1.29, 1.82) is 0 Å². The quantitative estimate of drug-likeness (QED) is 0.669. The topological polar surface area (TPSA) is 12.9 Å². The molecule has 70 valence electrons. The molecule has 1 nitrogen and oxygen atoms in total. The van der Waals surface area contributed by atoms with Crippen LogP contribution in [-0.4, -0.2) is 4.98 Å². The second-order valence-electron chi connectivity index (χ2n) is 3.21. The summed E-state index contributed by atoms with van der Waals surface area (Å²) in [6.07, 6.45) is 11.3. The summed E-state index contributed by atoms with van der Waals surface area (Å²) >= 11 is 0. The summed E-state index contributed by atoms with van der Waals surface area (Å²) in [7, 11) is 0. The lowest BCUT2D eigenvalue weighted by Crippen LogP contribution is -1.91. The largest absolute Gasteiger partial charge is 0.265 e. The molecule has 13 heavy (non-hydrogen) atoms. The van der Waals surface area contributed by atoms with Crippen LogP contribution >= 0.6 is 12.4 Å². The number of allylic oxidation sites excluding steroid dienone is 2. The number of nitrogens with zero attached hydrogens (tertiary/aromatic N) is 1. The van der Waals surface area contributed by atoms with Crippen LogP contribution in [-0.2, 0) is 0 Å². The van der Waals surface area contributed by atoms with Crippen molar-refractivity contribution in [2.24, 2.45) is 0 Å². The minimum absolute atomic E-state index is 0. The van der Waals surface area contributed by atoms with E-state index in [9.17, 15) is 0 Å². The summed E-state index contributed by atoms with van der Waals surface area (Å²) in [4.78, 5) is 4.01. The molecule has 2 heteroatoms. The molecule has 1 aromatic heterocycles. The van der Waals surface area contributed by atoms with Crippen molar-refractivity contribution in [3.05, 3.63) is 36.2 Å². The zero-order chi connectivity index (χ0) is 8.23. The maximum Gasteiger partial charge on any atom is 0.0273 e. The van der Waals surface area contributed by atoms with Crippen molar-refractivity contribution in [1.82, 2.24) is 4.98 Å². The monoisotopic (exact) mass is 195 g/mol. The average molecular weight is 196 g/mol. The van der Waals surface area contributed by atoms with E-state index in [0.717, 1.165) is 0 Å². The minimum Gasteiger partial charge on any atom is -0.265 e. The van der Waals surface area contributed by atoms with E-state index in [4.69, 9.17) is 0 Å². The standard InChI is InChI=1S/C11H13N.ClH/c1-2-4-10(5-3-1)11-6-8-12-9-7-11;/h4,6-9H,1-3,5H2;1H. The van der Waals surface area contributed by atoms with E-state index in [0.29, 0.717) is 0 Å². The van der Waals surface area contributed by atoms with Gasteiger partial charge >= 0.3 is 0 Å². The van der Waals surface area contributed by atoms with Crippen molar-refractivity contribution < 1.29 is 0 Å². The van der Waals surface area contributed by atoms with Crippen LogP contribution in [0, 0.1) is 0 Å². The van der Waals surface area contributed by atoms with Crippen LogP contribution in [0.3, 0.4) is 0 Å². The molecule has 0 aliphatic heterocycles. The molecule has 1 heterocycles. The van der Waals surface area contributed by atoms with E-state index in [2.05, 4.69) is 23.2 Å². The molecule has 1 aromatic rings. The van der Waals surface area contributed by atoms with Crippen molar-refractivity contribution in [2.75, 3.05) is 0 Å². The van der Waals surface area contributed by atoms with Gasteiger partial charge in [-0.1, -0.05) is 6.08 Å². The van der Waals surface area contributed by atoms with Crippen molar-refractivity contribution in [3.63, 3.8) is 0 Å². The highest BCUT2D eigenvalue weighted by Crippen LogP contribution is 2.25. The number of hydrogen-bond acceptors (Lipinski definition) is 1. The Kier molecular flexibility index (Phi) is 3.97. The Bertz CT molecular complexity index is 279. The molecule has 0 radical (unpaired) electrons. The molecule has 1 aliphatic rings. The van der Waals surface area contributed by atoms with Gasteiger partial charge in [-0.3, -0.25) is 4.98 Å². The van der Waals surface area contributed by atoms with Gasteiger partial charge in [0.15, 0.2) is 0 Å². The molecule has 0 saturated heterocycles. The third kappa shape index (κ3) is 2.56. The average Bonchev–Trinajstić information content (AvgIpc) is 2.21.